The van der Waals surface area contributed by atoms with Gasteiger partial charge in [0, 0.05) is 12.5 Å². The van der Waals surface area contributed by atoms with Crippen LogP contribution in [-0.2, 0) is 0 Å². The number of methoxy groups -OCH3 is 1. The minimum atomic E-state index is -0.0464. The monoisotopic (exact) mass is 304 g/mol. The van der Waals surface area contributed by atoms with Crippen LogP contribution in [0.5, 0.6) is 5.75 Å². The van der Waals surface area contributed by atoms with Gasteiger partial charge in [-0.15, -0.1) is 0 Å². The van der Waals surface area contributed by atoms with E-state index in [0.717, 1.165) is 0 Å². The Morgan fingerprint density at radius 3 is 2.48 bits per heavy atom. The molecule has 0 aliphatic carbocycles. The smallest absolute Gasteiger partial charge is 0.183 e. The zero-order valence-corrected chi connectivity index (χ0v) is 12.9. The summed E-state index contributed by atoms with van der Waals surface area (Å²) in [7, 11) is 1.58. The lowest BCUT2D eigenvalue weighted by atomic mass is 10.1. The van der Waals surface area contributed by atoms with Gasteiger partial charge in [-0.2, -0.15) is 0 Å². The van der Waals surface area contributed by atoms with Gasteiger partial charge in [0.15, 0.2) is 16.7 Å². The third kappa shape index (κ3) is 3.66. The molecule has 2 rings (SSSR count). The van der Waals surface area contributed by atoms with Crippen molar-refractivity contribution in [3.8, 4) is 5.75 Å². The second kappa shape index (κ2) is 6.49. The van der Waals surface area contributed by atoms with Crippen LogP contribution in [0.4, 0.5) is 5.13 Å². The molecule has 2 aromatic rings. The van der Waals surface area contributed by atoms with Gasteiger partial charge in [-0.1, -0.05) is 11.3 Å². The third-order valence-corrected chi connectivity index (χ3v) is 4.14. The molecule has 0 atom stereocenters. The van der Waals surface area contributed by atoms with Crippen molar-refractivity contribution in [3.05, 3.63) is 40.4 Å². The highest BCUT2D eigenvalue weighted by Gasteiger charge is 2.12. The Labute approximate surface area is 127 Å². The number of anilines is 1. The van der Waals surface area contributed by atoms with Crippen molar-refractivity contribution in [1.82, 2.24) is 4.98 Å². The lowest BCUT2D eigenvalue weighted by molar-refractivity contribution is 0.100. The van der Waals surface area contributed by atoms with Crippen molar-refractivity contribution in [2.75, 3.05) is 19.0 Å². The summed E-state index contributed by atoms with van der Waals surface area (Å²) in [6.07, 6.45) is 0. The summed E-state index contributed by atoms with van der Waals surface area (Å²) in [5, 5.41) is 3.54. The molecule has 0 bridgehead atoms. The van der Waals surface area contributed by atoms with E-state index in [0.29, 0.717) is 27.0 Å². The van der Waals surface area contributed by atoms with Crippen LogP contribution in [0.2, 0.25) is 0 Å². The van der Waals surface area contributed by atoms with Gasteiger partial charge in [0.2, 0.25) is 0 Å². The van der Waals surface area contributed by atoms with Crippen LogP contribution >= 0.6 is 11.3 Å². The number of ether oxygens (including phenoxy) is 1. The first-order valence-corrected chi connectivity index (χ1v) is 7.22. The molecule has 1 aromatic carbocycles. The molecule has 0 saturated heterocycles. The standard InChI is InChI=1S/C15H16N2O3S/c1-9-14(10(2)18)21-15(17-9)16-8-13(19)11-4-6-12(20-3)7-5-11/h4-7H,8H2,1-3H3,(H,16,17). The number of nitrogens with zero attached hydrogens (tertiary/aromatic N) is 1. The summed E-state index contributed by atoms with van der Waals surface area (Å²) in [6.45, 7) is 3.42. The van der Waals surface area contributed by atoms with Crippen LogP contribution in [0.3, 0.4) is 0 Å². The van der Waals surface area contributed by atoms with Crippen LogP contribution in [0.15, 0.2) is 24.3 Å². The van der Waals surface area contributed by atoms with Gasteiger partial charge in [0.1, 0.15) is 5.75 Å². The number of Topliss-reactive ketones (excluding diaryl/α,β-unsaturated/α-hetero) is 2. The zero-order valence-electron chi connectivity index (χ0n) is 12.1. The minimum absolute atomic E-state index is 0.0143. The van der Waals surface area contributed by atoms with E-state index < -0.39 is 0 Å². The Balaban J connectivity index is 2.00. The molecule has 5 nitrogen and oxygen atoms in total. The first-order valence-electron chi connectivity index (χ1n) is 6.40. The molecule has 0 aliphatic heterocycles. The largest absolute Gasteiger partial charge is 0.497 e. The van der Waals surface area contributed by atoms with Gasteiger partial charge in [-0.25, -0.2) is 4.98 Å². The van der Waals surface area contributed by atoms with Crippen LogP contribution in [-0.4, -0.2) is 30.2 Å². The summed E-state index contributed by atoms with van der Waals surface area (Å²) >= 11 is 1.27. The summed E-state index contributed by atoms with van der Waals surface area (Å²) < 4.78 is 5.05. The fraction of sp³-hybridized carbons (Fsp3) is 0.267. The van der Waals surface area contributed by atoms with E-state index >= 15 is 0 Å². The van der Waals surface area contributed by atoms with E-state index in [-0.39, 0.29) is 18.1 Å². The van der Waals surface area contributed by atoms with Crippen molar-refractivity contribution in [1.29, 1.82) is 0 Å². The number of hydrogen-bond donors (Lipinski definition) is 1. The predicted octanol–water partition coefficient (Wildman–Crippen LogP) is 2.96. The average molecular weight is 304 g/mol. The number of thiazole rings is 1. The van der Waals surface area contributed by atoms with Gasteiger partial charge in [-0.05, 0) is 31.2 Å². The number of ketones is 2. The summed E-state index contributed by atoms with van der Waals surface area (Å²) in [6, 6.07) is 6.93. The number of aromatic nitrogens is 1. The Morgan fingerprint density at radius 1 is 1.29 bits per heavy atom. The molecule has 0 amide bonds. The predicted molar refractivity (Wildman–Crippen MR) is 82.7 cm³/mol. The molecule has 6 heteroatoms. The summed E-state index contributed by atoms with van der Waals surface area (Å²) in [4.78, 5) is 28.3. The van der Waals surface area contributed by atoms with Crippen LogP contribution in [0.1, 0.15) is 32.6 Å². The topological polar surface area (TPSA) is 68.3 Å². The zero-order chi connectivity index (χ0) is 15.4. The summed E-state index contributed by atoms with van der Waals surface area (Å²) in [5.41, 5.74) is 1.29. The van der Waals surface area contributed by atoms with Crippen LogP contribution < -0.4 is 10.1 Å². The maximum atomic E-state index is 12.0. The molecule has 1 aromatic heterocycles. The molecule has 1 N–H and O–H groups in total. The van der Waals surface area contributed by atoms with Crippen molar-refractivity contribution in [2.24, 2.45) is 0 Å². The first-order chi connectivity index (χ1) is 10.0. The summed E-state index contributed by atoms with van der Waals surface area (Å²) in [5.74, 6) is 0.649. The molecule has 0 fully saturated rings. The molecule has 1 heterocycles. The molecule has 0 spiro atoms. The van der Waals surface area contributed by atoms with E-state index in [1.165, 1.54) is 18.3 Å². The lowest BCUT2D eigenvalue weighted by Gasteiger charge is -2.03. The van der Waals surface area contributed by atoms with Crippen molar-refractivity contribution < 1.29 is 14.3 Å². The van der Waals surface area contributed by atoms with E-state index in [9.17, 15) is 9.59 Å². The van der Waals surface area contributed by atoms with E-state index in [1.54, 1.807) is 38.3 Å². The molecule has 0 radical (unpaired) electrons. The Kier molecular flexibility index (Phi) is 4.70. The van der Waals surface area contributed by atoms with Crippen LogP contribution in [0.25, 0.3) is 0 Å². The number of nitrogens with one attached hydrogen (secondary N) is 1. The van der Waals surface area contributed by atoms with Crippen LogP contribution in [0, 0.1) is 6.92 Å². The number of aryl methyl sites for hydroxylation is 1. The minimum Gasteiger partial charge on any atom is -0.497 e. The Hall–Kier alpha value is -2.21. The second-order valence-electron chi connectivity index (χ2n) is 4.49. The van der Waals surface area contributed by atoms with E-state index in [1.807, 2.05) is 0 Å². The highest BCUT2D eigenvalue weighted by atomic mass is 32.1. The highest BCUT2D eigenvalue weighted by molar-refractivity contribution is 7.17. The SMILES string of the molecule is COc1ccc(C(=O)CNc2nc(C)c(C(C)=O)s2)cc1. The van der Waals surface area contributed by atoms with E-state index in [4.69, 9.17) is 4.74 Å². The Morgan fingerprint density at radius 2 is 1.95 bits per heavy atom. The first kappa shape index (κ1) is 15.2. The third-order valence-electron chi connectivity index (χ3n) is 2.93. The number of benzene rings is 1. The van der Waals surface area contributed by atoms with Gasteiger partial charge >= 0.3 is 0 Å². The number of rotatable bonds is 6. The lowest BCUT2D eigenvalue weighted by Crippen LogP contribution is -2.13. The van der Waals surface area contributed by atoms with Crippen molar-refractivity contribution in [2.45, 2.75) is 13.8 Å². The average Bonchev–Trinajstić information content (AvgIpc) is 2.86. The molecule has 0 saturated carbocycles. The number of carbonyl (C=O) groups is 2. The molecular weight excluding hydrogens is 288 g/mol. The van der Waals surface area contributed by atoms with Gasteiger partial charge in [-0.3, -0.25) is 9.59 Å². The number of carbonyl (C=O) groups excluding carboxylic acids is 2. The van der Waals surface area contributed by atoms with Gasteiger partial charge < -0.3 is 10.1 Å². The normalized spacial score (nSPS) is 10.2. The van der Waals surface area contributed by atoms with Gasteiger partial charge in [0.25, 0.3) is 0 Å². The second-order valence-corrected chi connectivity index (χ2v) is 5.49. The number of hydrogen-bond acceptors (Lipinski definition) is 6. The Bertz CT molecular complexity index is 662. The van der Waals surface area contributed by atoms with Crippen molar-refractivity contribution >= 4 is 28.0 Å². The molecule has 0 unspecified atom stereocenters. The molecular formula is C15H16N2O3S. The fourth-order valence-electron chi connectivity index (χ4n) is 1.83. The maximum Gasteiger partial charge on any atom is 0.183 e. The molecule has 21 heavy (non-hydrogen) atoms. The highest BCUT2D eigenvalue weighted by Crippen LogP contribution is 2.22. The maximum absolute atomic E-state index is 12.0. The van der Waals surface area contributed by atoms with Gasteiger partial charge in [0.05, 0.1) is 24.2 Å². The van der Waals surface area contributed by atoms with E-state index in [2.05, 4.69) is 10.3 Å². The fourth-order valence-corrected chi connectivity index (χ4v) is 2.69. The van der Waals surface area contributed by atoms with Crippen molar-refractivity contribution in [3.63, 3.8) is 0 Å². The molecule has 110 valence electrons. The quantitative estimate of drug-likeness (QED) is 0.831. The molecule has 0 aliphatic rings.